The number of nitro groups is 1. The van der Waals surface area contributed by atoms with Crippen molar-refractivity contribution >= 4 is 33.8 Å². The lowest BCUT2D eigenvalue weighted by molar-refractivity contribution is -0.380. The minimum absolute atomic E-state index is 0.0403. The Kier molecular flexibility index (Phi) is 4.89. The molecular formula is C10H13ClN2O3S. The highest BCUT2D eigenvalue weighted by atomic mass is 35.5. The van der Waals surface area contributed by atoms with Crippen LogP contribution in [0.5, 0.6) is 0 Å². The Morgan fingerprint density at radius 3 is 2.71 bits per heavy atom. The number of nitrogens with one attached hydrogen (secondary N) is 1. The fourth-order valence-corrected chi connectivity index (χ4v) is 1.87. The number of carbonyl (C=O) groups excluding carboxylic acids is 1. The van der Waals surface area contributed by atoms with Gasteiger partial charge in [-0.3, -0.25) is 14.9 Å². The van der Waals surface area contributed by atoms with E-state index in [1.165, 1.54) is 12.1 Å². The molecule has 7 heteroatoms. The first-order valence-corrected chi connectivity index (χ1v) is 6.33. The zero-order valence-electron chi connectivity index (χ0n) is 9.47. The Morgan fingerprint density at radius 1 is 1.59 bits per heavy atom. The zero-order chi connectivity index (χ0) is 13.0. The maximum Gasteiger partial charge on any atom is 0.324 e. The molecule has 1 rings (SSSR count). The van der Waals surface area contributed by atoms with Crippen LogP contribution in [-0.4, -0.2) is 22.8 Å². The van der Waals surface area contributed by atoms with E-state index in [2.05, 4.69) is 5.32 Å². The van der Waals surface area contributed by atoms with E-state index in [4.69, 9.17) is 11.6 Å². The molecule has 0 bridgehead atoms. The number of alkyl halides is 1. The molecule has 94 valence electrons. The minimum atomic E-state index is -0.514. The van der Waals surface area contributed by atoms with E-state index in [1.54, 1.807) is 0 Å². The van der Waals surface area contributed by atoms with Crippen molar-refractivity contribution < 1.29 is 9.72 Å². The first kappa shape index (κ1) is 13.9. The van der Waals surface area contributed by atoms with Crippen LogP contribution in [0.1, 0.15) is 23.5 Å². The number of amides is 1. The van der Waals surface area contributed by atoms with Gasteiger partial charge in [-0.25, -0.2) is 0 Å². The highest BCUT2D eigenvalue weighted by molar-refractivity contribution is 7.17. The first-order chi connectivity index (χ1) is 7.91. The van der Waals surface area contributed by atoms with Crippen molar-refractivity contribution in [3.63, 3.8) is 0 Å². The Balaban J connectivity index is 2.55. The van der Waals surface area contributed by atoms with E-state index < -0.39 is 4.92 Å². The largest absolute Gasteiger partial charge is 0.350 e. The molecule has 0 saturated carbocycles. The third kappa shape index (κ3) is 3.98. The third-order valence-electron chi connectivity index (χ3n) is 2.18. The van der Waals surface area contributed by atoms with Gasteiger partial charge in [-0.05, 0) is 12.0 Å². The summed E-state index contributed by atoms with van der Waals surface area (Å²) in [5.74, 6) is -0.0657. The SMILES string of the molecule is CC(C)C(Cl)CNC(=O)c1ccc([N+](=O)[O-])s1. The van der Waals surface area contributed by atoms with E-state index in [0.717, 1.165) is 11.3 Å². The van der Waals surface area contributed by atoms with Crippen molar-refractivity contribution in [1.82, 2.24) is 5.32 Å². The van der Waals surface area contributed by atoms with Crippen molar-refractivity contribution in [2.75, 3.05) is 6.54 Å². The Hall–Kier alpha value is -1.14. The maximum atomic E-state index is 11.6. The summed E-state index contributed by atoms with van der Waals surface area (Å²) in [5, 5.41) is 12.9. The molecule has 1 heterocycles. The van der Waals surface area contributed by atoms with Gasteiger partial charge in [0.05, 0.1) is 15.2 Å². The number of rotatable bonds is 5. The van der Waals surface area contributed by atoms with E-state index in [1.807, 2.05) is 13.8 Å². The molecule has 1 amide bonds. The monoisotopic (exact) mass is 276 g/mol. The summed E-state index contributed by atoms with van der Waals surface area (Å²) in [5.41, 5.74) is 0. The summed E-state index contributed by atoms with van der Waals surface area (Å²) >= 11 is 6.84. The second-order valence-electron chi connectivity index (χ2n) is 3.87. The van der Waals surface area contributed by atoms with E-state index in [9.17, 15) is 14.9 Å². The number of thiophene rings is 1. The van der Waals surface area contributed by atoms with Crippen molar-refractivity contribution in [2.24, 2.45) is 5.92 Å². The lowest BCUT2D eigenvalue weighted by Crippen LogP contribution is -2.31. The zero-order valence-corrected chi connectivity index (χ0v) is 11.0. The van der Waals surface area contributed by atoms with Gasteiger partial charge in [-0.15, -0.1) is 11.6 Å². The van der Waals surface area contributed by atoms with Crippen LogP contribution in [-0.2, 0) is 0 Å². The molecule has 1 aromatic rings. The molecule has 0 radical (unpaired) electrons. The fourth-order valence-electron chi connectivity index (χ4n) is 1.06. The van der Waals surface area contributed by atoms with Crippen molar-refractivity contribution in [3.8, 4) is 0 Å². The molecule has 1 N–H and O–H groups in total. The molecule has 0 fully saturated rings. The molecule has 1 aromatic heterocycles. The van der Waals surface area contributed by atoms with Crippen LogP contribution >= 0.6 is 22.9 Å². The van der Waals surface area contributed by atoms with Crippen LogP contribution in [0.15, 0.2) is 12.1 Å². The van der Waals surface area contributed by atoms with Gasteiger partial charge in [0.15, 0.2) is 0 Å². The quantitative estimate of drug-likeness (QED) is 0.510. The summed E-state index contributed by atoms with van der Waals surface area (Å²) < 4.78 is 0. The molecule has 0 saturated heterocycles. The topological polar surface area (TPSA) is 72.2 Å². The molecule has 0 aromatic carbocycles. The van der Waals surface area contributed by atoms with Crippen LogP contribution < -0.4 is 5.32 Å². The normalized spacial score (nSPS) is 12.5. The molecule has 1 atom stereocenters. The van der Waals surface area contributed by atoms with Crippen molar-refractivity contribution in [2.45, 2.75) is 19.2 Å². The van der Waals surface area contributed by atoms with Gasteiger partial charge >= 0.3 is 5.00 Å². The summed E-state index contributed by atoms with van der Waals surface area (Å²) in [4.78, 5) is 21.9. The smallest absolute Gasteiger partial charge is 0.324 e. The highest BCUT2D eigenvalue weighted by Gasteiger charge is 2.16. The van der Waals surface area contributed by atoms with E-state index in [0.29, 0.717) is 11.4 Å². The van der Waals surface area contributed by atoms with Gasteiger partial charge in [0.2, 0.25) is 0 Å². The Bertz CT molecular complexity index is 419. The van der Waals surface area contributed by atoms with Crippen LogP contribution in [0.25, 0.3) is 0 Å². The van der Waals surface area contributed by atoms with Gasteiger partial charge in [0.1, 0.15) is 0 Å². The molecule has 0 aliphatic heterocycles. The second kappa shape index (κ2) is 5.97. The molecular weight excluding hydrogens is 264 g/mol. The van der Waals surface area contributed by atoms with Gasteiger partial charge < -0.3 is 5.32 Å². The third-order valence-corrected chi connectivity index (χ3v) is 3.87. The average molecular weight is 277 g/mol. The molecule has 1 unspecified atom stereocenters. The second-order valence-corrected chi connectivity index (χ2v) is 5.49. The van der Waals surface area contributed by atoms with Crippen LogP contribution in [0.2, 0.25) is 0 Å². The number of carbonyl (C=O) groups is 1. The molecule has 0 aliphatic carbocycles. The molecule has 0 spiro atoms. The minimum Gasteiger partial charge on any atom is -0.350 e. The lowest BCUT2D eigenvalue weighted by Gasteiger charge is -2.13. The van der Waals surface area contributed by atoms with Gasteiger partial charge in [-0.1, -0.05) is 25.2 Å². The average Bonchev–Trinajstić information content (AvgIpc) is 2.74. The van der Waals surface area contributed by atoms with Gasteiger partial charge in [-0.2, -0.15) is 0 Å². The maximum absolute atomic E-state index is 11.6. The van der Waals surface area contributed by atoms with Crippen LogP contribution in [0.4, 0.5) is 5.00 Å². The number of hydrogen-bond acceptors (Lipinski definition) is 4. The first-order valence-electron chi connectivity index (χ1n) is 5.08. The summed E-state index contributed by atoms with van der Waals surface area (Å²) in [6, 6.07) is 2.76. The molecule has 17 heavy (non-hydrogen) atoms. The molecule has 0 aliphatic rings. The van der Waals surface area contributed by atoms with Crippen LogP contribution in [0, 0.1) is 16.0 Å². The Labute approximate surface area is 108 Å². The Morgan fingerprint density at radius 2 is 2.24 bits per heavy atom. The van der Waals surface area contributed by atoms with Crippen molar-refractivity contribution in [1.29, 1.82) is 0 Å². The molecule has 5 nitrogen and oxygen atoms in total. The number of halogens is 1. The van der Waals surface area contributed by atoms with Gasteiger partial charge in [0.25, 0.3) is 5.91 Å². The summed E-state index contributed by atoms with van der Waals surface area (Å²) in [6.07, 6.45) is 0. The summed E-state index contributed by atoms with van der Waals surface area (Å²) in [6.45, 7) is 4.27. The van der Waals surface area contributed by atoms with Gasteiger partial charge in [0, 0.05) is 12.6 Å². The van der Waals surface area contributed by atoms with Crippen LogP contribution in [0.3, 0.4) is 0 Å². The van der Waals surface area contributed by atoms with E-state index in [-0.39, 0.29) is 22.2 Å². The summed E-state index contributed by atoms with van der Waals surface area (Å²) in [7, 11) is 0. The highest BCUT2D eigenvalue weighted by Crippen LogP contribution is 2.23. The van der Waals surface area contributed by atoms with Crippen molar-refractivity contribution in [3.05, 3.63) is 27.1 Å². The predicted molar refractivity (Wildman–Crippen MR) is 67.8 cm³/mol. The standard InChI is InChI=1S/C10H13ClN2O3S/c1-6(2)7(11)5-12-10(14)8-3-4-9(17-8)13(15)16/h3-4,6-7H,5H2,1-2H3,(H,12,14). The lowest BCUT2D eigenvalue weighted by atomic mass is 10.1. The number of hydrogen-bond donors (Lipinski definition) is 1. The predicted octanol–water partition coefficient (Wildman–Crippen LogP) is 2.65. The number of nitrogens with zero attached hydrogens (tertiary/aromatic N) is 1. The van der Waals surface area contributed by atoms with E-state index >= 15 is 0 Å². The fraction of sp³-hybridized carbons (Fsp3) is 0.500.